The Hall–Kier alpha value is -0.640. The fraction of sp³-hybridized carbons (Fsp3) is 0.333. The van der Waals surface area contributed by atoms with Crippen molar-refractivity contribution >= 4 is 28.9 Å². The Morgan fingerprint density at radius 3 is 2.71 bits per heavy atom. The number of nitrogens with one attached hydrogen (secondary N) is 1. The third-order valence-corrected chi connectivity index (χ3v) is 2.26. The van der Waals surface area contributed by atoms with Crippen molar-refractivity contribution in [1.29, 1.82) is 0 Å². The second kappa shape index (κ2) is 5.29. The van der Waals surface area contributed by atoms with E-state index >= 15 is 0 Å². The summed E-state index contributed by atoms with van der Waals surface area (Å²) < 4.78 is 0. The van der Waals surface area contributed by atoms with Gasteiger partial charge in [0.25, 0.3) is 0 Å². The number of alkyl halides is 1. The van der Waals surface area contributed by atoms with Crippen LogP contribution in [-0.2, 0) is 0 Å². The molecule has 0 bridgehead atoms. The lowest BCUT2D eigenvalue weighted by atomic mass is 10.3. The van der Waals surface area contributed by atoms with Gasteiger partial charge in [0.15, 0.2) is 0 Å². The second-order valence-electron chi connectivity index (χ2n) is 2.85. The molecule has 14 heavy (non-hydrogen) atoms. The van der Waals surface area contributed by atoms with Gasteiger partial charge in [-0.15, -0.1) is 11.6 Å². The molecule has 0 saturated heterocycles. The maximum Gasteiger partial charge on any atom is 0.140 e. The van der Waals surface area contributed by atoms with Gasteiger partial charge < -0.3 is 15.5 Å². The first kappa shape index (κ1) is 11.4. The average molecular weight is 236 g/mol. The number of aromatic hydroxyl groups is 1. The van der Waals surface area contributed by atoms with Gasteiger partial charge in [0.05, 0.1) is 17.7 Å². The van der Waals surface area contributed by atoms with Crippen LogP contribution in [0.2, 0.25) is 5.02 Å². The summed E-state index contributed by atoms with van der Waals surface area (Å²) in [7, 11) is 0. The summed E-state index contributed by atoms with van der Waals surface area (Å²) in [5.41, 5.74) is 0.526. The smallest absolute Gasteiger partial charge is 0.140 e. The molecule has 0 fully saturated rings. The van der Waals surface area contributed by atoms with Crippen molar-refractivity contribution in [3.8, 4) is 5.75 Å². The molecule has 1 atom stereocenters. The van der Waals surface area contributed by atoms with Gasteiger partial charge in [-0.1, -0.05) is 11.6 Å². The highest BCUT2D eigenvalue weighted by atomic mass is 35.5. The molecule has 0 saturated carbocycles. The van der Waals surface area contributed by atoms with Crippen LogP contribution in [0.25, 0.3) is 0 Å². The van der Waals surface area contributed by atoms with Crippen LogP contribution in [0.3, 0.4) is 0 Å². The first-order valence-electron chi connectivity index (χ1n) is 4.10. The van der Waals surface area contributed by atoms with E-state index < -0.39 is 6.10 Å². The van der Waals surface area contributed by atoms with E-state index in [0.29, 0.717) is 17.3 Å². The number of aliphatic hydroxyl groups excluding tert-OH is 1. The molecule has 3 nitrogen and oxygen atoms in total. The molecule has 0 aliphatic heterocycles. The molecule has 1 rings (SSSR count). The van der Waals surface area contributed by atoms with Crippen LogP contribution in [0.15, 0.2) is 18.2 Å². The summed E-state index contributed by atoms with van der Waals surface area (Å²) in [6, 6.07) is 4.71. The maximum atomic E-state index is 9.42. The summed E-state index contributed by atoms with van der Waals surface area (Å²) >= 11 is 11.1. The number of hydrogen-bond acceptors (Lipinski definition) is 3. The van der Waals surface area contributed by atoms with Crippen LogP contribution >= 0.6 is 23.2 Å². The number of hydrogen-bond donors (Lipinski definition) is 3. The van der Waals surface area contributed by atoms with Crippen molar-refractivity contribution in [2.24, 2.45) is 0 Å². The van der Waals surface area contributed by atoms with Gasteiger partial charge >= 0.3 is 0 Å². The lowest BCUT2D eigenvalue weighted by Gasteiger charge is -2.11. The third-order valence-electron chi connectivity index (χ3n) is 1.67. The molecule has 78 valence electrons. The number of phenolic OH excluding ortho intramolecular Hbond substituents is 1. The summed E-state index contributed by atoms with van der Waals surface area (Å²) in [4.78, 5) is 0. The number of aliphatic hydroxyl groups is 1. The van der Waals surface area contributed by atoms with Crippen LogP contribution in [0.1, 0.15) is 0 Å². The molecule has 5 heteroatoms. The monoisotopic (exact) mass is 235 g/mol. The molecule has 0 aliphatic rings. The number of anilines is 1. The first-order chi connectivity index (χ1) is 6.63. The van der Waals surface area contributed by atoms with Gasteiger partial charge in [-0.05, 0) is 12.1 Å². The van der Waals surface area contributed by atoms with Crippen molar-refractivity contribution in [3.05, 3.63) is 23.2 Å². The van der Waals surface area contributed by atoms with Crippen molar-refractivity contribution in [2.45, 2.75) is 6.10 Å². The largest absolute Gasteiger partial charge is 0.506 e. The number of benzene rings is 1. The Kier molecular flexibility index (Phi) is 4.32. The Morgan fingerprint density at radius 1 is 1.43 bits per heavy atom. The summed E-state index contributed by atoms with van der Waals surface area (Å²) in [5, 5.41) is 21.9. The molecular formula is C9H11Cl2NO2. The zero-order chi connectivity index (χ0) is 10.6. The minimum Gasteiger partial charge on any atom is -0.506 e. The predicted octanol–water partition coefficient (Wildman–Crippen LogP) is 2.06. The van der Waals surface area contributed by atoms with Gasteiger partial charge in [0.1, 0.15) is 5.75 Å². The molecule has 1 unspecified atom stereocenters. The lowest BCUT2D eigenvalue weighted by Crippen LogP contribution is -2.20. The van der Waals surface area contributed by atoms with Crippen LogP contribution in [0.5, 0.6) is 5.75 Å². The van der Waals surface area contributed by atoms with Gasteiger partial charge in [-0.2, -0.15) is 0 Å². The fourth-order valence-electron chi connectivity index (χ4n) is 0.937. The van der Waals surface area contributed by atoms with E-state index in [4.69, 9.17) is 28.3 Å². The highest BCUT2D eigenvalue weighted by Gasteiger charge is 2.04. The minimum absolute atomic E-state index is 0.0549. The second-order valence-corrected chi connectivity index (χ2v) is 3.60. The van der Waals surface area contributed by atoms with E-state index in [1.54, 1.807) is 12.1 Å². The summed E-state index contributed by atoms with van der Waals surface area (Å²) in [6.45, 7) is 0.290. The summed E-state index contributed by atoms with van der Waals surface area (Å²) in [6.07, 6.45) is -0.633. The third kappa shape index (κ3) is 3.25. The average Bonchev–Trinajstić information content (AvgIpc) is 2.16. The molecule has 3 N–H and O–H groups in total. The lowest BCUT2D eigenvalue weighted by molar-refractivity contribution is 0.211. The molecule has 0 spiro atoms. The maximum absolute atomic E-state index is 9.42. The van der Waals surface area contributed by atoms with Crippen LogP contribution in [-0.4, -0.2) is 28.7 Å². The summed E-state index contributed by atoms with van der Waals surface area (Å²) in [5.74, 6) is 0.209. The van der Waals surface area contributed by atoms with E-state index in [1.807, 2.05) is 0 Å². The van der Waals surface area contributed by atoms with Gasteiger partial charge in [0.2, 0.25) is 0 Å². The number of phenols is 1. The fourth-order valence-corrected chi connectivity index (χ4v) is 1.21. The Balaban J connectivity index is 2.59. The molecular weight excluding hydrogens is 225 g/mol. The van der Waals surface area contributed by atoms with Crippen molar-refractivity contribution in [1.82, 2.24) is 0 Å². The number of halogens is 2. The molecule has 0 amide bonds. The zero-order valence-electron chi connectivity index (χ0n) is 7.37. The van der Waals surface area contributed by atoms with E-state index in [0.717, 1.165) is 0 Å². The Bertz CT molecular complexity index is 307. The standard InChI is InChI=1S/C9H11Cl2NO2/c10-4-7(13)5-12-8-2-1-6(11)3-9(8)14/h1-3,7,12-14H,4-5H2. The first-order valence-corrected chi connectivity index (χ1v) is 5.01. The van der Waals surface area contributed by atoms with Crippen molar-refractivity contribution in [2.75, 3.05) is 17.7 Å². The quantitative estimate of drug-likeness (QED) is 0.554. The van der Waals surface area contributed by atoms with Crippen LogP contribution < -0.4 is 5.32 Å². The molecule has 0 aromatic heterocycles. The topological polar surface area (TPSA) is 52.5 Å². The van der Waals surface area contributed by atoms with E-state index in [9.17, 15) is 5.11 Å². The normalized spacial score (nSPS) is 12.5. The SMILES string of the molecule is Oc1cc(Cl)ccc1NCC(O)CCl. The molecule has 1 aromatic carbocycles. The van der Waals surface area contributed by atoms with Crippen LogP contribution in [0, 0.1) is 0 Å². The van der Waals surface area contributed by atoms with Crippen molar-refractivity contribution in [3.63, 3.8) is 0 Å². The minimum atomic E-state index is -0.633. The van der Waals surface area contributed by atoms with Gasteiger partial charge in [-0.25, -0.2) is 0 Å². The van der Waals surface area contributed by atoms with Crippen LogP contribution in [0.4, 0.5) is 5.69 Å². The predicted molar refractivity (Wildman–Crippen MR) is 58.3 cm³/mol. The molecule has 0 radical (unpaired) electrons. The van der Waals surface area contributed by atoms with Gasteiger partial charge in [0, 0.05) is 17.6 Å². The Morgan fingerprint density at radius 2 is 2.14 bits per heavy atom. The molecule has 0 aliphatic carbocycles. The molecule has 1 aromatic rings. The van der Waals surface area contributed by atoms with E-state index in [1.165, 1.54) is 6.07 Å². The number of rotatable bonds is 4. The molecule has 0 heterocycles. The van der Waals surface area contributed by atoms with Gasteiger partial charge in [-0.3, -0.25) is 0 Å². The zero-order valence-corrected chi connectivity index (χ0v) is 8.89. The highest BCUT2D eigenvalue weighted by Crippen LogP contribution is 2.26. The van der Waals surface area contributed by atoms with E-state index in [2.05, 4.69) is 5.32 Å². The highest BCUT2D eigenvalue weighted by molar-refractivity contribution is 6.30. The Labute approximate surface area is 92.3 Å². The van der Waals surface area contributed by atoms with Crippen molar-refractivity contribution < 1.29 is 10.2 Å². The van der Waals surface area contributed by atoms with E-state index in [-0.39, 0.29) is 11.6 Å².